The minimum atomic E-state index is -0.209. The molecule has 0 spiro atoms. The van der Waals surface area contributed by atoms with E-state index in [4.69, 9.17) is 0 Å². The van der Waals surface area contributed by atoms with Crippen LogP contribution < -0.4 is 0 Å². The van der Waals surface area contributed by atoms with Gasteiger partial charge in [-0.3, -0.25) is 4.98 Å². The molecule has 1 aromatic heterocycles. The Morgan fingerprint density at radius 2 is 1.89 bits per heavy atom. The van der Waals surface area contributed by atoms with Gasteiger partial charge in [0.05, 0.1) is 5.69 Å². The van der Waals surface area contributed by atoms with Crippen LogP contribution in [-0.4, -0.2) is 4.98 Å². The van der Waals surface area contributed by atoms with Crippen molar-refractivity contribution in [3.8, 4) is 11.3 Å². The average molecular weight is 257 g/mol. The summed E-state index contributed by atoms with van der Waals surface area (Å²) in [6, 6.07) is 9.16. The summed E-state index contributed by atoms with van der Waals surface area (Å²) in [4.78, 5) is 4.31. The van der Waals surface area contributed by atoms with Crippen LogP contribution >= 0.6 is 0 Å². The first-order valence-corrected chi connectivity index (χ1v) is 6.57. The summed E-state index contributed by atoms with van der Waals surface area (Å²) in [7, 11) is 0. The first-order chi connectivity index (χ1) is 8.87. The van der Waals surface area contributed by atoms with Crippen molar-refractivity contribution in [2.75, 3.05) is 0 Å². The standard InChI is InChI=1S/C17H20FN/c1-12-6-5-9-19-16(12)14-10-13(7-8-15(14)18)11-17(2,3)4/h5-10H,11H2,1-4H3. The number of hydrogen-bond donors (Lipinski definition) is 0. The maximum absolute atomic E-state index is 14.0. The first kappa shape index (κ1) is 13.7. The van der Waals surface area contributed by atoms with Crippen LogP contribution in [0.4, 0.5) is 4.39 Å². The normalized spacial score (nSPS) is 11.6. The van der Waals surface area contributed by atoms with E-state index in [1.165, 1.54) is 0 Å². The highest BCUT2D eigenvalue weighted by Gasteiger charge is 2.14. The van der Waals surface area contributed by atoms with E-state index in [1.54, 1.807) is 12.3 Å². The highest BCUT2D eigenvalue weighted by molar-refractivity contribution is 5.64. The van der Waals surface area contributed by atoms with E-state index < -0.39 is 0 Å². The topological polar surface area (TPSA) is 12.9 Å². The lowest BCUT2D eigenvalue weighted by atomic mass is 9.87. The summed E-state index contributed by atoms with van der Waals surface area (Å²) in [5.41, 5.74) is 3.66. The summed E-state index contributed by atoms with van der Waals surface area (Å²) in [6.07, 6.45) is 2.63. The Bertz CT molecular complexity index is 582. The van der Waals surface area contributed by atoms with Gasteiger partial charge in [-0.1, -0.05) is 32.9 Å². The van der Waals surface area contributed by atoms with Crippen LogP contribution in [0.5, 0.6) is 0 Å². The number of hydrogen-bond acceptors (Lipinski definition) is 1. The Labute approximate surface area is 114 Å². The summed E-state index contributed by atoms with van der Waals surface area (Å²) in [5.74, 6) is -0.209. The highest BCUT2D eigenvalue weighted by Crippen LogP contribution is 2.28. The number of rotatable bonds is 2. The van der Waals surface area contributed by atoms with E-state index in [-0.39, 0.29) is 11.2 Å². The van der Waals surface area contributed by atoms with E-state index in [0.29, 0.717) is 5.56 Å². The summed E-state index contributed by atoms with van der Waals surface area (Å²) < 4.78 is 14.0. The Morgan fingerprint density at radius 3 is 2.53 bits per heavy atom. The van der Waals surface area contributed by atoms with Crippen LogP contribution in [0, 0.1) is 18.2 Å². The van der Waals surface area contributed by atoms with Crippen molar-refractivity contribution < 1.29 is 4.39 Å². The number of aromatic nitrogens is 1. The van der Waals surface area contributed by atoms with Gasteiger partial charge in [0.1, 0.15) is 5.82 Å². The molecule has 0 saturated carbocycles. The lowest BCUT2D eigenvalue weighted by molar-refractivity contribution is 0.411. The molecule has 0 N–H and O–H groups in total. The Kier molecular flexibility index (Phi) is 3.70. The number of aryl methyl sites for hydroxylation is 1. The van der Waals surface area contributed by atoms with Gasteiger partial charge < -0.3 is 0 Å². The molecule has 19 heavy (non-hydrogen) atoms. The van der Waals surface area contributed by atoms with Crippen LogP contribution in [-0.2, 0) is 6.42 Å². The lowest BCUT2D eigenvalue weighted by Crippen LogP contribution is -2.09. The van der Waals surface area contributed by atoms with Gasteiger partial charge in [-0.05, 0) is 48.1 Å². The van der Waals surface area contributed by atoms with Gasteiger partial charge in [0.2, 0.25) is 0 Å². The van der Waals surface area contributed by atoms with E-state index in [0.717, 1.165) is 23.2 Å². The molecule has 0 bridgehead atoms. The van der Waals surface area contributed by atoms with E-state index in [1.807, 2.05) is 31.2 Å². The van der Waals surface area contributed by atoms with E-state index in [9.17, 15) is 4.39 Å². The summed E-state index contributed by atoms with van der Waals surface area (Å²) in [5, 5.41) is 0. The van der Waals surface area contributed by atoms with Crippen molar-refractivity contribution in [1.29, 1.82) is 0 Å². The molecule has 2 rings (SSSR count). The van der Waals surface area contributed by atoms with E-state index in [2.05, 4.69) is 25.8 Å². The maximum Gasteiger partial charge on any atom is 0.132 e. The second-order valence-corrected chi connectivity index (χ2v) is 6.22. The Balaban J connectivity index is 2.46. The fraction of sp³-hybridized carbons (Fsp3) is 0.353. The Morgan fingerprint density at radius 1 is 1.16 bits per heavy atom. The summed E-state index contributed by atoms with van der Waals surface area (Å²) >= 11 is 0. The highest BCUT2D eigenvalue weighted by atomic mass is 19.1. The van der Waals surface area contributed by atoms with Crippen LogP contribution in [0.15, 0.2) is 36.5 Å². The third-order valence-corrected chi connectivity index (χ3v) is 3.03. The van der Waals surface area contributed by atoms with Crippen molar-refractivity contribution in [1.82, 2.24) is 4.98 Å². The van der Waals surface area contributed by atoms with Gasteiger partial charge in [-0.2, -0.15) is 0 Å². The molecular formula is C17H20FN. The summed E-state index contributed by atoms with van der Waals surface area (Å²) in [6.45, 7) is 8.50. The van der Waals surface area contributed by atoms with Gasteiger partial charge in [-0.25, -0.2) is 4.39 Å². The second-order valence-electron chi connectivity index (χ2n) is 6.22. The molecule has 0 fully saturated rings. The molecule has 0 aliphatic heterocycles. The number of pyridine rings is 1. The molecule has 0 amide bonds. The Hall–Kier alpha value is -1.70. The van der Waals surface area contributed by atoms with Gasteiger partial charge >= 0.3 is 0 Å². The van der Waals surface area contributed by atoms with Crippen molar-refractivity contribution >= 4 is 0 Å². The minimum Gasteiger partial charge on any atom is -0.256 e. The molecule has 0 aliphatic rings. The van der Waals surface area contributed by atoms with Crippen LogP contribution in [0.3, 0.4) is 0 Å². The molecular weight excluding hydrogens is 237 g/mol. The molecule has 1 nitrogen and oxygen atoms in total. The molecule has 0 radical (unpaired) electrons. The molecule has 1 heterocycles. The second kappa shape index (κ2) is 5.12. The van der Waals surface area contributed by atoms with Gasteiger partial charge in [-0.15, -0.1) is 0 Å². The van der Waals surface area contributed by atoms with Crippen molar-refractivity contribution in [3.05, 3.63) is 53.5 Å². The van der Waals surface area contributed by atoms with Crippen molar-refractivity contribution in [2.45, 2.75) is 34.1 Å². The molecule has 2 heteroatoms. The predicted octanol–water partition coefficient (Wildman–Crippen LogP) is 4.78. The molecule has 0 aliphatic carbocycles. The SMILES string of the molecule is Cc1cccnc1-c1cc(CC(C)(C)C)ccc1F. The average Bonchev–Trinajstić information content (AvgIpc) is 2.31. The van der Waals surface area contributed by atoms with Gasteiger partial charge in [0, 0.05) is 11.8 Å². The molecule has 100 valence electrons. The monoisotopic (exact) mass is 257 g/mol. The number of halogens is 1. The molecule has 0 saturated heterocycles. The van der Waals surface area contributed by atoms with Gasteiger partial charge in [0.25, 0.3) is 0 Å². The lowest BCUT2D eigenvalue weighted by Gasteiger charge is -2.19. The zero-order chi connectivity index (χ0) is 14.0. The van der Waals surface area contributed by atoms with E-state index >= 15 is 0 Å². The van der Waals surface area contributed by atoms with Crippen LogP contribution in [0.1, 0.15) is 31.9 Å². The number of nitrogens with zero attached hydrogens (tertiary/aromatic N) is 1. The molecule has 1 aromatic carbocycles. The fourth-order valence-corrected chi connectivity index (χ4v) is 2.24. The quantitative estimate of drug-likeness (QED) is 0.754. The molecule has 0 atom stereocenters. The smallest absolute Gasteiger partial charge is 0.132 e. The predicted molar refractivity (Wildman–Crippen MR) is 77.5 cm³/mol. The number of benzene rings is 1. The third-order valence-electron chi connectivity index (χ3n) is 3.03. The third kappa shape index (κ3) is 3.40. The van der Waals surface area contributed by atoms with Crippen LogP contribution in [0.25, 0.3) is 11.3 Å². The largest absolute Gasteiger partial charge is 0.256 e. The molecule has 2 aromatic rings. The fourth-order valence-electron chi connectivity index (χ4n) is 2.24. The van der Waals surface area contributed by atoms with Crippen molar-refractivity contribution in [2.24, 2.45) is 5.41 Å². The minimum absolute atomic E-state index is 0.189. The van der Waals surface area contributed by atoms with Crippen molar-refractivity contribution in [3.63, 3.8) is 0 Å². The first-order valence-electron chi connectivity index (χ1n) is 6.57. The zero-order valence-corrected chi connectivity index (χ0v) is 12.0. The maximum atomic E-state index is 14.0. The molecule has 0 unspecified atom stereocenters. The zero-order valence-electron chi connectivity index (χ0n) is 12.0. The van der Waals surface area contributed by atoms with Gasteiger partial charge in [0.15, 0.2) is 0 Å². The van der Waals surface area contributed by atoms with Crippen LogP contribution in [0.2, 0.25) is 0 Å².